The maximum Gasteiger partial charge on any atom is 0.255 e. The first-order valence-corrected chi connectivity index (χ1v) is 2.94. The molecule has 0 amide bonds. The summed E-state index contributed by atoms with van der Waals surface area (Å²) < 4.78 is 2.00. The molecule has 1 rings (SSSR count). The monoisotopic (exact) mass is 123 g/mol. The van der Waals surface area contributed by atoms with E-state index in [1.807, 2.05) is 24.6 Å². The number of rotatable bonds is 1. The van der Waals surface area contributed by atoms with Crippen molar-refractivity contribution in [3.8, 4) is 0 Å². The van der Waals surface area contributed by atoms with Crippen molar-refractivity contribution in [2.45, 2.75) is 13.8 Å². The molecule has 0 fully saturated rings. The normalized spacial score (nSPS) is 9.56. The zero-order chi connectivity index (χ0) is 6.85. The van der Waals surface area contributed by atoms with Crippen molar-refractivity contribution in [2.75, 3.05) is 0 Å². The van der Waals surface area contributed by atoms with Gasteiger partial charge in [0.1, 0.15) is 11.9 Å². The van der Waals surface area contributed by atoms with Crippen LogP contribution in [0.3, 0.4) is 0 Å². The van der Waals surface area contributed by atoms with Gasteiger partial charge in [-0.2, -0.15) is 0 Å². The molecule has 9 heavy (non-hydrogen) atoms. The summed E-state index contributed by atoms with van der Waals surface area (Å²) in [6.45, 7) is 7.71. The van der Waals surface area contributed by atoms with Crippen LogP contribution in [0.4, 0.5) is 0 Å². The molecule has 0 bridgehead atoms. The van der Waals surface area contributed by atoms with Gasteiger partial charge < -0.3 is 0 Å². The van der Waals surface area contributed by atoms with Crippen LogP contribution in [0.25, 0.3) is 6.20 Å². The van der Waals surface area contributed by atoms with Crippen molar-refractivity contribution in [2.24, 2.45) is 0 Å². The lowest BCUT2D eigenvalue weighted by molar-refractivity contribution is -0.580. The smallest absolute Gasteiger partial charge is 0.247 e. The number of aromatic amines is 1. The molecule has 1 N–H and O–H groups in total. The summed E-state index contributed by atoms with van der Waals surface area (Å²) in [5.74, 6) is 1.11. The van der Waals surface area contributed by atoms with E-state index in [1.54, 1.807) is 6.20 Å². The molecule has 2 heteroatoms. The van der Waals surface area contributed by atoms with Gasteiger partial charge in [-0.1, -0.05) is 6.58 Å². The Hall–Kier alpha value is -1.05. The topological polar surface area (TPSA) is 19.7 Å². The molecule has 0 aliphatic heterocycles. The van der Waals surface area contributed by atoms with Crippen LogP contribution in [-0.2, 0) is 0 Å². The molecule has 0 spiro atoms. The number of nitrogens with one attached hydrogen (secondary N) is 1. The standard InChI is InChI=1S/C7H10N2/c1-4-9-6(2)5-8-7(9)3/h4-5H,1H2,2-3H3/p+1. The van der Waals surface area contributed by atoms with Gasteiger partial charge in [0.25, 0.3) is 5.82 Å². The Balaban J connectivity index is 3.22. The quantitative estimate of drug-likeness (QED) is 0.538. The van der Waals surface area contributed by atoms with Gasteiger partial charge >= 0.3 is 0 Å². The maximum absolute atomic E-state index is 3.67. The van der Waals surface area contributed by atoms with Crippen molar-refractivity contribution >= 4 is 6.20 Å². The second-order valence-electron chi connectivity index (χ2n) is 2.07. The summed E-state index contributed by atoms with van der Waals surface area (Å²) >= 11 is 0. The van der Waals surface area contributed by atoms with Crippen LogP contribution in [0.2, 0.25) is 0 Å². The Labute approximate surface area is 54.8 Å². The zero-order valence-corrected chi connectivity index (χ0v) is 5.81. The summed E-state index contributed by atoms with van der Waals surface area (Å²) in [7, 11) is 0. The van der Waals surface area contributed by atoms with Crippen LogP contribution in [0, 0.1) is 13.8 Å². The molecule has 0 atom stereocenters. The molecule has 0 aromatic carbocycles. The SMILES string of the molecule is C=C[n+]1c(C)c[nH]c1C. The number of nitrogens with zero attached hydrogens (tertiary/aromatic N) is 1. The fraction of sp³-hybridized carbons (Fsp3) is 0.286. The summed E-state index contributed by atoms with van der Waals surface area (Å²) in [6.07, 6.45) is 3.75. The fourth-order valence-corrected chi connectivity index (χ4v) is 0.893. The third kappa shape index (κ3) is 0.875. The summed E-state index contributed by atoms with van der Waals surface area (Å²) in [6, 6.07) is 0. The molecular weight excluding hydrogens is 112 g/mol. The molecule has 48 valence electrons. The minimum atomic E-state index is 1.11. The molecule has 0 aliphatic rings. The lowest BCUT2D eigenvalue weighted by Gasteiger charge is -1.86. The summed E-state index contributed by atoms with van der Waals surface area (Å²) in [5, 5.41) is 0. The molecule has 1 aromatic heterocycles. The number of hydrogen-bond acceptors (Lipinski definition) is 0. The highest BCUT2D eigenvalue weighted by Crippen LogP contribution is 1.89. The van der Waals surface area contributed by atoms with Crippen molar-refractivity contribution in [3.05, 3.63) is 24.3 Å². The Bertz CT molecular complexity index is 203. The minimum Gasteiger partial charge on any atom is -0.247 e. The highest BCUT2D eigenvalue weighted by Gasteiger charge is 2.04. The molecule has 0 saturated heterocycles. The van der Waals surface area contributed by atoms with Crippen molar-refractivity contribution in [1.82, 2.24) is 4.98 Å². The molecule has 1 heterocycles. The van der Waals surface area contributed by atoms with Gasteiger partial charge in [0.2, 0.25) is 0 Å². The van der Waals surface area contributed by atoms with Gasteiger partial charge in [-0.05, 0) is 0 Å². The van der Waals surface area contributed by atoms with E-state index in [0.717, 1.165) is 5.82 Å². The van der Waals surface area contributed by atoms with Crippen molar-refractivity contribution in [1.29, 1.82) is 0 Å². The Morgan fingerprint density at radius 3 is 2.56 bits per heavy atom. The van der Waals surface area contributed by atoms with Gasteiger partial charge in [0, 0.05) is 13.8 Å². The average Bonchev–Trinajstić information content (AvgIpc) is 2.12. The van der Waals surface area contributed by atoms with Crippen LogP contribution >= 0.6 is 0 Å². The molecule has 0 saturated carbocycles. The number of aryl methyl sites for hydroxylation is 2. The lowest BCUT2D eigenvalue weighted by Crippen LogP contribution is -2.29. The third-order valence-electron chi connectivity index (χ3n) is 1.41. The molecular formula is C7H11N2+. The first-order valence-electron chi connectivity index (χ1n) is 2.94. The molecule has 0 aliphatic carbocycles. The molecule has 2 nitrogen and oxygen atoms in total. The van der Waals surface area contributed by atoms with Gasteiger partial charge in [-0.3, -0.25) is 0 Å². The van der Waals surface area contributed by atoms with E-state index < -0.39 is 0 Å². The average molecular weight is 123 g/mol. The Morgan fingerprint density at radius 1 is 1.67 bits per heavy atom. The minimum absolute atomic E-state index is 1.11. The highest BCUT2D eigenvalue weighted by molar-refractivity contribution is 5.01. The number of imidazole rings is 1. The van der Waals surface area contributed by atoms with Gasteiger partial charge in [0.15, 0.2) is 0 Å². The van der Waals surface area contributed by atoms with Crippen LogP contribution in [-0.4, -0.2) is 4.98 Å². The number of aromatic nitrogens is 2. The zero-order valence-electron chi connectivity index (χ0n) is 5.81. The predicted octanol–water partition coefficient (Wildman–Crippen LogP) is 1.02. The Kier molecular flexibility index (Phi) is 1.39. The van der Waals surface area contributed by atoms with E-state index in [4.69, 9.17) is 0 Å². The van der Waals surface area contributed by atoms with Crippen LogP contribution in [0.15, 0.2) is 12.8 Å². The summed E-state index contributed by atoms with van der Waals surface area (Å²) in [5.41, 5.74) is 1.18. The van der Waals surface area contributed by atoms with Crippen LogP contribution < -0.4 is 4.57 Å². The van der Waals surface area contributed by atoms with E-state index in [0.29, 0.717) is 0 Å². The van der Waals surface area contributed by atoms with Crippen molar-refractivity contribution < 1.29 is 4.57 Å². The van der Waals surface area contributed by atoms with E-state index in [1.165, 1.54) is 5.69 Å². The molecule has 1 aromatic rings. The molecule has 0 unspecified atom stereocenters. The van der Waals surface area contributed by atoms with E-state index in [9.17, 15) is 0 Å². The number of H-pyrrole nitrogens is 1. The fourth-order valence-electron chi connectivity index (χ4n) is 0.893. The Morgan fingerprint density at radius 2 is 2.33 bits per heavy atom. The molecule has 0 radical (unpaired) electrons. The largest absolute Gasteiger partial charge is 0.255 e. The van der Waals surface area contributed by atoms with Crippen molar-refractivity contribution in [3.63, 3.8) is 0 Å². The van der Waals surface area contributed by atoms with Crippen LogP contribution in [0.5, 0.6) is 0 Å². The first-order chi connectivity index (χ1) is 4.25. The first kappa shape index (κ1) is 6.08. The second-order valence-corrected chi connectivity index (χ2v) is 2.07. The van der Waals surface area contributed by atoms with E-state index >= 15 is 0 Å². The number of hydrogen-bond donors (Lipinski definition) is 1. The maximum atomic E-state index is 3.67. The van der Waals surface area contributed by atoms with Gasteiger partial charge in [-0.25, -0.2) is 9.55 Å². The van der Waals surface area contributed by atoms with E-state index in [2.05, 4.69) is 11.6 Å². The van der Waals surface area contributed by atoms with Gasteiger partial charge in [-0.15, -0.1) is 0 Å². The second kappa shape index (κ2) is 2.05. The summed E-state index contributed by atoms with van der Waals surface area (Å²) in [4.78, 5) is 3.08. The lowest BCUT2D eigenvalue weighted by atomic mass is 10.5. The van der Waals surface area contributed by atoms with Gasteiger partial charge in [0.05, 0.1) is 6.20 Å². The van der Waals surface area contributed by atoms with Crippen LogP contribution in [0.1, 0.15) is 11.5 Å². The van der Waals surface area contributed by atoms with E-state index in [-0.39, 0.29) is 0 Å². The predicted molar refractivity (Wildman–Crippen MR) is 36.8 cm³/mol. The third-order valence-corrected chi connectivity index (χ3v) is 1.41. The highest BCUT2D eigenvalue weighted by atomic mass is 15.1.